The van der Waals surface area contributed by atoms with Crippen LogP contribution < -0.4 is 10.2 Å². The van der Waals surface area contributed by atoms with Gasteiger partial charge in [0.25, 0.3) is 0 Å². The number of allylic oxidation sites excluding steroid dienone is 1. The number of aryl methyl sites for hydroxylation is 1. The molecule has 0 aliphatic carbocycles. The molecule has 0 N–H and O–H groups in total. The van der Waals surface area contributed by atoms with E-state index in [0.29, 0.717) is 23.0 Å². The van der Waals surface area contributed by atoms with E-state index in [-0.39, 0.29) is 12.4 Å². The van der Waals surface area contributed by atoms with Gasteiger partial charge >= 0.3 is 0 Å². The Bertz CT molecular complexity index is 1040. The van der Waals surface area contributed by atoms with Crippen molar-refractivity contribution in [3.05, 3.63) is 71.6 Å². The molecule has 0 aliphatic heterocycles. The summed E-state index contributed by atoms with van der Waals surface area (Å²) in [5.41, 5.74) is 3.87. The molecule has 0 fully saturated rings. The van der Waals surface area contributed by atoms with Crippen LogP contribution in [0, 0.1) is 11.6 Å². The van der Waals surface area contributed by atoms with E-state index in [1.165, 1.54) is 12.3 Å². The standard InChI is InChI=1S/C23H28F2N4O/c1-7-26-21-12-9-18(15-28(21)5)19-10-11-20(24)22(25)23(19)30-14-13-16(3)17(4)29(6)27-8-2/h7-12,15H,1,13-14H2,2-6H3/b17-16+,26-21?,27-8+. The number of nitrogens with zero attached hydrogens (tertiary/aromatic N) is 4. The molecule has 0 unspecified atom stereocenters. The van der Waals surface area contributed by atoms with Gasteiger partial charge in [-0.3, -0.25) is 5.01 Å². The first kappa shape index (κ1) is 23.1. The lowest BCUT2D eigenvalue weighted by molar-refractivity contribution is 0.298. The largest absolute Gasteiger partial charge is 0.489 e. The predicted octanol–water partition coefficient (Wildman–Crippen LogP) is 5.01. The Morgan fingerprint density at radius 3 is 2.60 bits per heavy atom. The van der Waals surface area contributed by atoms with Gasteiger partial charge in [-0.25, -0.2) is 9.38 Å². The van der Waals surface area contributed by atoms with E-state index in [4.69, 9.17) is 4.74 Å². The minimum absolute atomic E-state index is 0.103. The van der Waals surface area contributed by atoms with Gasteiger partial charge in [0.05, 0.1) is 6.61 Å². The van der Waals surface area contributed by atoms with Crippen LogP contribution in [0.2, 0.25) is 0 Å². The smallest absolute Gasteiger partial charge is 0.201 e. The van der Waals surface area contributed by atoms with E-state index < -0.39 is 11.6 Å². The van der Waals surface area contributed by atoms with Crippen molar-refractivity contribution in [2.45, 2.75) is 27.2 Å². The number of halogens is 2. The zero-order valence-electron chi connectivity index (χ0n) is 18.1. The van der Waals surface area contributed by atoms with Gasteiger partial charge in [0, 0.05) is 56.0 Å². The third kappa shape index (κ3) is 5.43. The number of hydrazone groups is 1. The molecular formula is C23H28F2N4O. The summed E-state index contributed by atoms with van der Waals surface area (Å²) in [7, 11) is 3.67. The predicted molar refractivity (Wildman–Crippen MR) is 117 cm³/mol. The van der Waals surface area contributed by atoms with Crippen LogP contribution in [0.25, 0.3) is 11.1 Å². The number of aromatic nitrogens is 1. The lowest BCUT2D eigenvalue weighted by atomic mass is 10.1. The van der Waals surface area contributed by atoms with Crippen molar-refractivity contribution in [3.8, 4) is 16.9 Å². The molecule has 0 amide bonds. The number of hydrogen-bond donors (Lipinski definition) is 0. The quantitative estimate of drug-likeness (QED) is 0.450. The van der Waals surface area contributed by atoms with Crippen LogP contribution in [0.3, 0.4) is 0 Å². The molecule has 2 rings (SSSR count). The van der Waals surface area contributed by atoms with Crippen molar-refractivity contribution >= 4 is 6.21 Å². The average Bonchev–Trinajstić information content (AvgIpc) is 2.72. The summed E-state index contributed by atoms with van der Waals surface area (Å²) in [5, 5.41) is 5.97. The zero-order valence-corrected chi connectivity index (χ0v) is 18.1. The second-order valence-electron chi connectivity index (χ2n) is 6.80. The Hall–Kier alpha value is -3.22. The van der Waals surface area contributed by atoms with Gasteiger partial charge in [-0.05, 0) is 50.6 Å². The van der Waals surface area contributed by atoms with E-state index in [0.717, 1.165) is 17.3 Å². The molecule has 0 saturated heterocycles. The van der Waals surface area contributed by atoms with Gasteiger partial charge in [0.15, 0.2) is 11.6 Å². The highest BCUT2D eigenvalue weighted by Gasteiger charge is 2.17. The summed E-state index contributed by atoms with van der Waals surface area (Å²) in [6.45, 7) is 9.55. The Balaban J connectivity index is 2.32. The summed E-state index contributed by atoms with van der Waals surface area (Å²) in [5.74, 6) is -2.05. The number of rotatable bonds is 8. The minimum Gasteiger partial charge on any atom is -0.489 e. The summed E-state index contributed by atoms with van der Waals surface area (Å²) in [4.78, 5) is 4.15. The topological polar surface area (TPSA) is 42.1 Å². The first-order valence-corrected chi connectivity index (χ1v) is 9.61. The molecule has 2 aromatic rings. The second kappa shape index (κ2) is 10.5. The van der Waals surface area contributed by atoms with Crippen LogP contribution in [0.4, 0.5) is 8.78 Å². The van der Waals surface area contributed by atoms with Crippen LogP contribution in [0.5, 0.6) is 5.75 Å². The van der Waals surface area contributed by atoms with Gasteiger partial charge in [-0.15, -0.1) is 0 Å². The Kier molecular flexibility index (Phi) is 8.09. The molecule has 1 aromatic carbocycles. The van der Waals surface area contributed by atoms with Gasteiger partial charge in [0.1, 0.15) is 5.49 Å². The van der Waals surface area contributed by atoms with Crippen molar-refractivity contribution < 1.29 is 13.5 Å². The zero-order chi connectivity index (χ0) is 22.3. The highest BCUT2D eigenvalue weighted by atomic mass is 19.2. The maximum atomic E-state index is 14.6. The number of ether oxygens (including phenoxy) is 1. The van der Waals surface area contributed by atoms with Crippen LogP contribution >= 0.6 is 0 Å². The molecule has 5 nitrogen and oxygen atoms in total. The Labute approximate surface area is 176 Å². The highest BCUT2D eigenvalue weighted by molar-refractivity contribution is 5.70. The van der Waals surface area contributed by atoms with Crippen LogP contribution in [0.15, 0.2) is 64.6 Å². The van der Waals surface area contributed by atoms with Crippen LogP contribution in [0.1, 0.15) is 27.2 Å². The van der Waals surface area contributed by atoms with Gasteiger partial charge in [-0.1, -0.05) is 6.58 Å². The van der Waals surface area contributed by atoms with Gasteiger partial charge in [-0.2, -0.15) is 9.49 Å². The third-order valence-electron chi connectivity index (χ3n) is 4.81. The molecular weight excluding hydrogens is 386 g/mol. The Morgan fingerprint density at radius 1 is 1.23 bits per heavy atom. The van der Waals surface area contributed by atoms with E-state index >= 15 is 0 Å². The molecule has 7 heteroatoms. The van der Waals surface area contributed by atoms with E-state index in [1.54, 1.807) is 34.1 Å². The monoisotopic (exact) mass is 414 g/mol. The molecule has 0 saturated carbocycles. The number of benzene rings is 1. The number of pyridine rings is 1. The van der Waals surface area contributed by atoms with E-state index in [1.807, 2.05) is 34.9 Å². The summed E-state index contributed by atoms with van der Waals surface area (Å²) >= 11 is 0. The average molecular weight is 415 g/mol. The molecule has 30 heavy (non-hydrogen) atoms. The maximum Gasteiger partial charge on any atom is 0.201 e. The molecule has 1 heterocycles. The van der Waals surface area contributed by atoms with Crippen LogP contribution in [-0.4, -0.2) is 29.4 Å². The third-order valence-corrected chi connectivity index (χ3v) is 4.81. The minimum atomic E-state index is -0.999. The first-order chi connectivity index (χ1) is 14.3. The Morgan fingerprint density at radius 2 is 1.97 bits per heavy atom. The van der Waals surface area contributed by atoms with E-state index in [2.05, 4.69) is 16.7 Å². The van der Waals surface area contributed by atoms with E-state index in [9.17, 15) is 8.78 Å². The SMILES string of the molecule is C=CN=c1ccc(-c2ccc(F)c(F)c2OCC/C(C)=C(\C)N(C)/N=C/C)cn1C. The normalized spacial score (nSPS) is 12.8. The lowest BCUT2D eigenvalue weighted by Gasteiger charge is -2.18. The molecule has 1 aromatic heterocycles. The van der Waals surface area contributed by atoms with Crippen molar-refractivity contribution in [1.82, 2.24) is 9.58 Å². The molecule has 160 valence electrons. The molecule has 0 spiro atoms. The maximum absolute atomic E-state index is 14.6. The number of hydrogen-bond acceptors (Lipinski definition) is 4. The fourth-order valence-corrected chi connectivity index (χ4v) is 2.91. The first-order valence-electron chi connectivity index (χ1n) is 9.61. The summed E-state index contributed by atoms with van der Waals surface area (Å²) < 4.78 is 36.0. The molecule has 0 bridgehead atoms. The van der Waals surface area contributed by atoms with Crippen molar-refractivity contribution in [1.29, 1.82) is 0 Å². The second-order valence-corrected chi connectivity index (χ2v) is 6.80. The van der Waals surface area contributed by atoms with Crippen molar-refractivity contribution in [2.24, 2.45) is 17.1 Å². The lowest BCUT2D eigenvalue weighted by Crippen LogP contribution is -2.16. The fraction of sp³-hybridized carbons (Fsp3) is 0.304. The summed E-state index contributed by atoms with van der Waals surface area (Å²) in [6.07, 6.45) is 5.49. The van der Waals surface area contributed by atoms with Crippen molar-refractivity contribution in [2.75, 3.05) is 13.7 Å². The van der Waals surface area contributed by atoms with Gasteiger partial charge in [0.2, 0.25) is 5.82 Å². The molecule has 0 atom stereocenters. The molecule has 0 aliphatic rings. The highest BCUT2D eigenvalue weighted by Crippen LogP contribution is 2.33. The molecule has 0 radical (unpaired) electrons. The van der Waals surface area contributed by atoms with Gasteiger partial charge < -0.3 is 9.30 Å². The fourth-order valence-electron chi connectivity index (χ4n) is 2.91. The van der Waals surface area contributed by atoms with Crippen molar-refractivity contribution in [3.63, 3.8) is 0 Å². The van der Waals surface area contributed by atoms with Crippen LogP contribution in [-0.2, 0) is 7.05 Å². The summed E-state index contributed by atoms with van der Waals surface area (Å²) in [6, 6.07) is 6.19.